The van der Waals surface area contributed by atoms with Gasteiger partial charge in [0.25, 0.3) is 0 Å². The molecule has 0 fully saturated rings. The second-order valence-corrected chi connectivity index (χ2v) is 7.00. The number of benzene rings is 1. The molecule has 0 saturated heterocycles. The van der Waals surface area contributed by atoms with E-state index in [-0.39, 0.29) is 6.10 Å². The number of rotatable bonds is 5. The zero-order valence-corrected chi connectivity index (χ0v) is 16.6. The lowest BCUT2D eigenvalue weighted by atomic mass is 9.95. The molecular formula is C17H20BrN5O3. The van der Waals surface area contributed by atoms with Gasteiger partial charge < -0.3 is 14.8 Å². The summed E-state index contributed by atoms with van der Waals surface area (Å²) in [6, 6.07) is 5.09. The molecule has 0 amide bonds. The molecule has 0 saturated carbocycles. The van der Waals surface area contributed by atoms with Gasteiger partial charge in [-0.2, -0.15) is 4.68 Å². The van der Waals surface area contributed by atoms with Crippen molar-refractivity contribution >= 4 is 27.8 Å². The van der Waals surface area contributed by atoms with Crippen LogP contribution in [0.1, 0.15) is 39.3 Å². The van der Waals surface area contributed by atoms with Crippen LogP contribution in [0.3, 0.4) is 0 Å². The van der Waals surface area contributed by atoms with Crippen molar-refractivity contribution in [2.75, 3.05) is 11.9 Å². The number of tetrazole rings is 1. The first-order chi connectivity index (χ1) is 12.4. The fraction of sp³-hybridized carbons (Fsp3) is 0.412. The molecule has 0 bridgehead atoms. The quantitative estimate of drug-likeness (QED) is 0.741. The number of ether oxygens (including phenoxy) is 2. The van der Waals surface area contributed by atoms with E-state index in [4.69, 9.17) is 9.47 Å². The molecule has 138 valence electrons. The van der Waals surface area contributed by atoms with Crippen molar-refractivity contribution in [2.24, 2.45) is 0 Å². The zero-order chi connectivity index (χ0) is 18.8. The summed E-state index contributed by atoms with van der Waals surface area (Å²) in [6.45, 7) is 7.83. The topological polar surface area (TPSA) is 91.2 Å². The Bertz CT molecular complexity index is 862. The fourth-order valence-corrected chi connectivity index (χ4v) is 3.24. The minimum atomic E-state index is -0.563. The van der Waals surface area contributed by atoms with Gasteiger partial charge in [0.1, 0.15) is 11.8 Å². The monoisotopic (exact) mass is 421 g/mol. The standard InChI is InChI=1S/C17H20BrN5O3/c1-5-25-13-7-6-11(18)8-12(13)15-14(16(24)26-9(2)3)10(4)19-17-20-21-22-23(15)17/h6-9,15H,5H2,1-4H3,(H,19,20,22). The molecule has 3 rings (SSSR count). The van der Waals surface area contributed by atoms with E-state index in [1.165, 1.54) is 0 Å². The summed E-state index contributed by atoms with van der Waals surface area (Å²) in [5.41, 5.74) is 1.86. The summed E-state index contributed by atoms with van der Waals surface area (Å²) in [5.74, 6) is 0.696. The summed E-state index contributed by atoms with van der Waals surface area (Å²) in [5, 5.41) is 14.9. The molecule has 2 heterocycles. The van der Waals surface area contributed by atoms with Crippen LogP contribution in [0.4, 0.5) is 5.95 Å². The van der Waals surface area contributed by atoms with Gasteiger partial charge in [0.05, 0.1) is 18.3 Å². The van der Waals surface area contributed by atoms with Crippen LogP contribution in [-0.2, 0) is 9.53 Å². The SMILES string of the molecule is CCOc1ccc(Br)cc1C1C(C(=O)OC(C)C)=C(C)Nc2nnnn21. The molecule has 0 radical (unpaired) electrons. The number of halogens is 1. The summed E-state index contributed by atoms with van der Waals surface area (Å²) in [7, 11) is 0. The predicted octanol–water partition coefficient (Wildman–Crippen LogP) is 3.07. The predicted molar refractivity (Wildman–Crippen MR) is 98.8 cm³/mol. The Hall–Kier alpha value is -2.42. The van der Waals surface area contributed by atoms with Crippen LogP contribution in [0, 0.1) is 0 Å². The largest absolute Gasteiger partial charge is 0.494 e. The maximum atomic E-state index is 12.8. The Morgan fingerprint density at radius 3 is 2.88 bits per heavy atom. The van der Waals surface area contributed by atoms with Crippen molar-refractivity contribution in [3.05, 3.63) is 39.5 Å². The van der Waals surface area contributed by atoms with Crippen LogP contribution in [0.25, 0.3) is 0 Å². The van der Waals surface area contributed by atoms with E-state index in [9.17, 15) is 4.79 Å². The first-order valence-electron chi connectivity index (χ1n) is 8.31. The Morgan fingerprint density at radius 1 is 1.42 bits per heavy atom. The Balaban J connectivity index is 2.18. The summed E-state index contributed by atoms with van der Waals surface area (Å²) in [4.78, 5) is 12.8. The molecule has 1 aromatic heterocycles. The highest BCUT2D eigenvalue weighted by Gasteiger charge is 2.37. The normalized spacial score (nSPS) is 16.3. The van der Waals surface area contributed by atoms with Gasteiger partial charge in [-0.1, -0.05) is 21.0 Å². The molecule has 1 atom stereocenters. The Labute approximate surface area is 159 Å². The first-order valence-corrected chi connectivity index (χ1v) is 9.10. The van der Waals surface area contributed by atoms with Gasteiger partial charge in [0.2, 0.25) is 5.95 Å². The zero-order valence-electron chi connectivity index (χ0n) is 15.0. The van der Waals surface area contributed by atoms with Crippen LogP contribution in [-0.4, -0.2) is 38.9 Å². The van der Waals surface area contributed by atoms with Gasteiger partial charge in [-0.3, -0.25) is 0 Å². The molecule has 1 aromatic carbocycles. The Kier molecular flexibility index (Phi) is 5.26. The molecular weight excluding hydrogens is 402 g/mol. The highest BCUT2D eigenvalue weighted by molar-refractivity contribution is 9.10. The Morgan fingerprint density at radius 2 is 2.19 bits per heavy atom. The highest BCUT2D eigenvalue weighted by Crippen LogP contribution is 2.40. The van der Waals surface area contributed by atoms with Crippen molar-refractivity contribution in [1.82, 2.24) is 20.2 Å². The molecule has 1 aliphatic rings. The smallest absolute Gasteiger partial charge is 0.338 e. The highest BCUT2D eigenvalue weighted by atomic mass is 79.9. The van der Waals surface area contributed by atoms with Gasteiger partial charge in [0, 0.05) is 15.7 Å². The maximum Gasteiger partial charge on any atom is 0.338 e. The molecule has 2 aromatic rings. The van der Waals surface area contributed by atoms with Crippen molar-refractivity contribution in [2.45, 2.75) is 39.8 Å². The van der Waals surface area contributed by atoms with E-state index in [2.05, 4.69) is 36.8 Å². The molecule has 1 N–H and O–H groups in total. The number of carbonyl (C=O) groups excluding carboxylic acids is 1. The molecule has 1 aliphatic heterocycles. The van der Waals surface area contributed by atoms with E-state index < -0.39 is 12.0 Å². The van der Waals surface area contributed by atoms with Gasteiger partial charge >= 0.3 is 5.97 Å². The summed E-state index contributed by atoms with van der Waals surface area (Å²) < 4.78 is 13.7. The second-order valence-electron chi connectivity index (χ2n) is 6.08. The molecule has 1 unspecified atom stereocenters. The average Bonchev–Trinajstić information content (AvgIpc) is 3.02. The van der Waals surface area contributed by atoms with E-state index >= 15 is 0 Å². The fourth-order valence-electron chi connectivity index (χ4n) is 2.86. The third-order valence-corrected chi connectivity index (χ3v) is 4.34. The van der Waals surface area contributed by atoms with Gasteiger partial charge in [-0.15, -0.1) is 0 Å². The molecule has 0 spiro atoms. The van der Waals surface area contributed by atoms with Crippen molar-refractivity contribution in [3.8, 4) is 5.75 Å². The lowest BCUT2D eigenvalue weighted by Crippen LogP contribution is -2.31. The van der Waals surface area contributed by atoms with Gasteiger partial charge in [-0.25, -0.2) is 4.79 Å². The number of esters is 1. The van der Waals surface area contributed by atoms with Crippen molar-refractivity contribution in [1.29, 1.82) is 0 Å². The number of carbonyl (C=O) groups is 1. The minimum Gasteiger partial charge on any atom is -0.494 e. The van der Waals surface area contributed by atoms with Crippen LogP contribution < -0.4 is 10.1 Å². The minimum absolute atomic E-state index is 0.243. The lowest BCUT2D eigenvalue weighted by molar-refractivity contribution is -0.143. The van der Waals surface area contributed by atoms with Crippen LogP contribution in [0.5, 0.6) is 5.75 Å². The van der Waals surface area contributed by atoms with Crippen LogP contribution in [0.15, 0.2) is 33.9 Å². The molecule has 9 heteroatoms. The molecule has 8 nitrogen and oxygen atoms in total. The van der Waals surface area contributed by atoms with Gasteiger partial charge in [-0.05, 0) is 56.3 Å². The molecule has 26 heavy (non-hydrogen) atoms. The van der Waals surface area contributed by atoms with E-state index in [0.717, 1.165) is 10.0 Å². The number of anilines is 1. The maximum absolute atomic E-state index is 12.8. The average molecular weight is 422 g/mol. The number of allylic oxidation sites excluding steroid dienone is 1. The molecule has 0 aliphatic carbocycles. The third kappa shape index (κ3) is 3.44. The van der Waals surface area contributed by atoms with Gasteiger partial charge in [0.15, 0.2) is 0 Å². The van der Waals surface area contributed by atoms with Crippen LogP contribution in [0.2, 0.25) is 0 Å². The number of fused-ring (bicyclic) bond motifs is 1. The number of hydrogen-bond acceptors (Lipinski definition) is 7. The third-order valence-electron chi connectivity index (χ3n) is 3.84. The van der Waals surface area contributed by atoms with Crippen molar-refractivity contribution in [3.63, 3.8) is 0 Å². The van der Waals surface area contributed by atoms with E-state index in [1.54, 1.807) is 11.6 Å². The van der Waals surface area contributed by atoms with E-state index in [0.29, 0.717) is 29.6 Å². The summed E-state index contributed by atoms with van der Waals surface area (Å²) >= 11 is 3.49. The first kappa shape index (κ1) is 18.4. The summed E-state index contributed by atoms with van der Waals surface area (Å²) in [6.07, 6.45) is -0.243. The van der Waals surface area contributed by atoms with E-state index in [1.807, 2.05) is 39.0 Å². The lowest BCUT2D eigenvalue weighted by Gasteiger charge is -2.29. The van der Waals surface area contributed by atoms with Crippen LogP contribution >= 0.6 is 15.9 Å². The number of nitrogens with one attached hydrogen (secondary N) is 1. The number of hydrogen-bond donors (Lipinski definition) is 1. The second kappa shape index (κ2) is 7.45. The number of aromatic nitrogens is 4. The van der Waals surface area contributed by atoms with Crippen molar-refractivity contribution < 1.29 is 14.3 Å². The number of nitrogens with zero attached hydrogens (tertiary/aromatic N) is 4.